The first-order chi connectivity index (χ1) is 14.6. The van der Waals surface area contributed by atoms with E-state index in [-0.39, 0.29) is 17.5 Å². The van der Waals surface area contributed by atoms with Gasteiger partial charge in [0.1, 0.15) is 17.8 Å². The second-order valence-corrected chi connectivity index (χ2v) is 7.49. The number of carbonyl (C=O) groups excluding carboxylic acids is 1. The number of carbonyl (C=O) groups is 1. The van der Waals surface area contributed by atoms with Crippen molar-refractivity contribution in [2.24, 2.45) is 0 Å². The average Bonchev–Trinajstić information content (AvgIpc) is 3.22. The quantitative estimate of drug-likeness (QED) is 0.568. The van der Waals surface area contributed by atoms with Crippen LogP contribution in [0.3, 0.4) is 0 Å². The number of piperidine rings is 1. The number of aromatic amines is 1. The minimum absolute atomic E-state index is 0.0191. The van der Waals surface area contributed by atoms with Crippen LogP contribution in [0.2, 0.25) is 0 Å². The summed E-state index contributed by atoms with van der Waals surface area (Å²) in [5.41, 5.74) is 1.81. The van der Waals surface area contributed by atoms with E-state index in [1.54, 1.807) is 36.3 Å². The summed E-state index contributed by atoms with van der Waals surface area (Å²) in [6.07, 6.45) is 4.61. The first-order valence-corrected chi connectivity index (χ1v) is 9.92. The highest BCUT2D eigenvalue weighted by Crippen LogP contribution is 2.25. The summed E-state index contributed by atoms with van der Waals surface area (Å²) in [5.74, 6) is 0.714. The summed E-state index contributed by atoms with van der Waals surface area (Å²) < 4.78 is 6.93. The molecule has 1 fully saturated rings. The second-order valence-electron chi connectivity index (χ2n) is 7.49. The molecule has 0 saturated carbocycles. The lowest BCUT2D eigenvalue weighted by atomic mass is 10.0. The lowest BCUT2D eigenvalue weighted by molar-refractivity contribution is 0.0688. The number of benzene rings is 1. The third kappa shape index (κ3) is 3.10. The molecule has 0 radical (unpaired) electrons. The highest BCUT2D eigenvalue weighted by Gasteiger charge is 2.26. The topological polar surface area (TPSA) is 93.1 Å². The fourth-order valence-corrected chi connectivity index (χ4v) is 4.10. The van der Waals surface area contributed by atoms with Gasteiger partial charge in [-0.2, -0.15) is 0 Å². The van der Waals surface area contributed by atoms with E-state index in [4.69, 9.17) is 4.74 Å². The molecule has 0 aliphatic carbocycles. The predicted octanol–water partition coefficient (Wildman–Crippen LogP) is 2.76. The molecule has 30 heavy (non-hydrogen) atoms. The largest absolute Gasteiger partial charge is 0.497 e. The van der Waals surface area contributed by atoms with Crippen molar-refractivity contribution in [2.75, 3.05) is 20.2 Å². The summed E-state index contributed by atoms with van der Waals surface area (Å²) in [7, 11) is 1.62. The maximum Gasteiger partial charge on any atom is 0.270 e. The van der Waals surface area contributed by atoms with Crippen LogP contribution in [0.1, 0.15) is 29.4 Å². The van der Waals surface area contributed by atoms with Crippen LogP contribution in [-0.2, 0) is 0 Å². The van der Waals surface area contributed by atoms with Gasteiger partial charge in [-0.1, -0.05) is 0 Å². The number of ether oxygens (including phenoxy) is 1. The molecule has 8 heteroatoms. The summed E-state index contributed by atoms with van der Waals surface area (Å²) in [5, 5.41) is 1.49. The van der Waals surface area contributed by atoms with Gasteiger partial charge in [-0.05, 0) is 43.2 Å². The van der Waals surface area contributed by atoms with Gasteiger partial charge >= 0.3 is 0 Å². The molecule has 0 atom stereocenters. The minimum atomic E-state index is -0.0811. The van der Waals surface area contributed by atoms with Crippen LogP contribution in [0.5, 0.6) is 5.75 Å². The molecule has 1 saturated heterocycles. The van der Waals surface area contributed by atoms with Crippen LogP contribution in [0.4, 0.5) is 0 Å². The van der Waals surface area contributed by atoms with Crippen molar-refractivity contribution in [3.8, 4) is 5.75 Å². The molecule has 1 aliphatic heterocycles. The zero-order valence-corrected chi connectivity index (χ0v) is 16.5. The molecule has 8 nitrogen and oxygen atoms in total. The molecule has 0 bridgehead atoms. The van der Waals surface area contributed by atoms with E-state index in [0.717, 1.165) is 16.7 Å². The van der Waals surface area contributed by atoms with Gasteiger partial charge in [-0.15, -0.1) is 0 Å². The highest BCUT2D eigenvalue weighted by molar-refractivity contribution is 5.98. The number of pyridine rings is 1. The minimum Gasteiger partial charge on any atom is -0.497 e. The fourth-order valence-electron chi connectivity index (χ4n) is 4.10. The normalized spacial score (nSPS) is 15.0. The van der Waals surface area contributed by atoms with E-state index in [1.165, 1.54) is 0 Å². The molecule has 5 rings (SSSR count). The predicted molar refractivity (Wildman–Crippen MR) is 113 cm³/mol. The Bertz CT molecular complexity index is 1300. The lowest BCUT2D eigenvalue weighted by Gasteiger charge is -2.32. The number of hydrogen-bond acceptors (Lipinski definition) is 5. The average molecular weight is 403 g/mol. The molecule has 1 aliphatic rings. The van der Waals surface area contributed by atoms with Crippen LogP contribution in [0.15, 0.2) is 53.7 Å². The molecule has 1 amide bonds. The number of methoxy groups -OCH3 is 1. The Balaban J connectivity index is 1.33. The summed E-state index contributed by atoms with van der Waals surface area (Å²) in [6.45, 7) is 1.17. The van der Waals surface area contributed by atoms with Crippen LogP contribution >= 0.6 is 0 Å². The van der Waals surface area contributed by atoms with Gasteiger partial charge in [0.05, 0.1) is 12.5 Å². The van der Waals surface area contributed by atoms with Gasteiger partial charge < -0.3 is 14.6 Å². The molecule has 152 valence electrons. The Morgan fingerprint density at radius 1 is 1.17 bits per heavy atom. The zero-order valence-electron chi connectivity index (χ0n) is 16.5. The maximum absolute atomic E-state index is 13.0. The number of nitrogens with zero attached hydrogens (tertiary/aromatic N) is 4. The molecule has 4 aromatic rings. The first-order valence-electron chi connectivity index (χ1n) is 9.92. The molecular formula is C22H21N5O3. The SMILES string of the molecule is COc1ccc2cc(C(=O)N3CCC(n4cnc5ncccc5c4=O)CC3)[nH]c2c1. The molecular weight excluding hydrogens is 382 g/mol. The van der Waals surface area contributed by atoms with E-state index in [9.17, 15) is 9.59 Å². The van der Waals surface area contributed by atoms with Crippen molar-refractivity contribution in [1.29, 1.82) is 0 Å². The second kappa shape index (κ2) is 7.29. The van der Waals surface area contributed by atoms with Gasteiger partial charge in [-0.25, -0.2) is 9.97 Å². The van der Waals surface area contributed by atoms with Crippen LogP contribution < -0.4 is 10.3 Å². The highest BCUT2D eigenvalue weighted by atomic mass is 16.5. The van der Waals surface area contributed by atoms with Crippen LogP contribution in [-0.4, -0.2) is 50.5 Å². The molecule has 0 spiro atoms. The number of amides is 1. The Labute approximate surface area is 172 Å². The van der Waals surface area contributed by atoms with E-state index >= 15 is 0 Å². The number of likely N-dealkylation sites (tertiary alicyclic amines) is 1. The number of H-pyrrole nitrogens is 1. The molecule has 3 aromatic heterocycles. The van der Waals surface area contributed by atoms with Crippen molar-refractivity contribution < 1.29 is 9.53 Å². The molecule has 4 heterocycles. The number of fused-ring (bicyclic) bond motifs is 2. The van der Waals surface area contributed by atoms with Crippen molar-refractivity contribution in [2.45, 2.75) is 18.9 Å². The third-order valence-corrected chi connectivity index (χ3v) is 5.76. The van der Waals surface area contributed by atoms with Crippen molar-refractivity contribution in [3.05, 3.63) is 65.0 Å². The van der Waals surface area contributed by atoms with Crippen molar-refractivity contribution in [1.82, 2.24) is 24.4 Å². The molecule has 0 unspecified atom stereocenters. The van der Waals surface area contributed by atoms with Gasteiger partial charge in [0.15, 0.2) is 5.65 Å². The van der Waals surface area contributed by atoms with Crippen LogP contribution in [0.25, 0.3) is 21.9 Å². The zero-order chi connectivity index (χ0) is 20.7. The van der Waals surface area contributed by atoms with E-state index in [2.05, 4.69) is 15.0 Å². The monoisotopic (exact) mass is 403 g/mol. The van der Waals surface area contributed by atoms with Gasteiger partial charge in [0, 0.05) is 42.3 Å². The number of rotatable bonds is 3. The Kier molecular flexibility index (Phi) is 4.46. The third-order valence-electron chi connectivity index (χ3n) is 5.76. The maximum atomic E-state index is 13.0. The van der Waals surface area contributed by atoms with Gasteiger partial charge in [0.25, 0.3) is 11.5 Å². The summed E-state index contributed by atoms with van der Waals surface area (Å²) in [6, 6.07) is 11.1. The Morgan fingerprint density at radius 3 is 2.80 bits per heavy atom. The van der Waals surface area contributed by atoms with Gasteiger partial charge in [0.2, 0.25) is 0 Å². The smallest absolute Gasteiger partial charge is 0.270 e. The molecule has 1 N–H and O–H groups in total. The van der Waals surface area contributed by atoms with Crippen LogP contribution in [0, 0.1) is 0 Å². The lowest BCUT2D eigenvalue weighted by Crippen LogP contribution is -2.41. The van der Waals surface area contributed by atoms with Gasteiger partial charge in [-0.3, -0.25) is 14.2 Å². The summed E-state index contributed by atoms with van der Waals surface area (Å²) in [4.78, 5) is 39.3. The Morgan fingerprint density at radius 2 is 2.00 bits per heavy atom. The Hall–Kier alpha value is -3.68. The van der Waals surface area contributed by atoms with E-state index in [1.807, 2.05) is 29.2 Å². The van der Waals surface area contributed by atoms with Crippen molar-refractivity contribution in [3.63, 3.8) is 0 Å². The summed E-state index contributed by atoms with van der Waals surface area (Å²) >= 11 is 0. The standard InChI is InChI=1S/C22H21N5O3/c1-30-16-5-4-14-11-19(25-18(14)12-16)22(29)26-9-6-15(7-10-26)27-13-24-20-17(21(27)28)3-2-8-23-20/h2-5,8,11-13,15,25H,6-7,9-10H2,1H3. The van der Waals surface area contributed by atoms with Crippen molar-refractivity contribution >= 4 is 27.8 Å². The van der Waals surface area contributed by atoms with E-state index < -0.39 is 0 Å². The first kappa shape index (κ1) is 18.4. The molecule has 1 aromatic carbocycles. The number of nitrogens with one attached hydrogen (secondary N) is 1. The fraction of sp³-hybridized carbons (Fsp3) is 0.273. The van der Waals surface area contributed by atoms with E-state index in [0.29, 0.717) is 42.7 Å². The number of aromatic nitrogens is 4. The number of hydrogen-bond donors (Lipinski definition) is 1.